The van der Waals surface area contributed by atoms with E-state index in [4.69, 9.17) is 37.7 Å². The van der Waals surface area contributed by atoms with Crippen molar-refractivity contribution >= 4 is 40.5 Å². The molecule has 1 heterocycles. The lowest BCUT2D eigenvalue weighted by Gasteiger charge is -2.10. The van der Waals surface area contributed by atoms with Crippen LogP contribution in [0.1, 0.15) is 10.6 Å². The van der Waals surface area contributed by atoms with E-state index in [0.717, 1.165) is 32.3 Å². The fourth-order valence-corrected chi connectivity index (χ4v) is 4.50. The van der Waals surface area contributed by atoms with Gasteiger partial charge in [-0.1, -0.05) is 47.5 Å². The molecule has 0 N–H and O–H groups in total. The van der Waals surface area contributed by atoms with Crippen LogP contribution in [0.2, 0.25) is 10.0 Å². The van der Waals surface area contributed by atoms with Crippen molar-refractivity contribution in [2.75, 3.05) is 13.7 Å². The predicted molar refractivity (Wildman–Crippen MR) is 136 cm³/mol. The number of hydrogen-bond acceptors (Lipinski definition) is 6. The summed E-state index contributed by atoms with van der Waals surface area (Å²) in [6.07, 6.45) is 0. The van der Waals surface area contributed by atoms with Crippen molar-refractivity contribution in [3.05, 3.63) is 87.3 Å². The third-order valence-corrected chi connectivity index (χ3v) is 6.56. The van der Waals surface area contributed by atoms with Crippen LogP contribution in [0.15, 0.2) is 66.7 Å². The molecule has 4 aromatic rings. The summed E-state index contributed by atoms with van der Waals surface area (Å²) in [5.41, 5.74) is 3.72. The van der Waals surface area contributed by atoms with Gasteiger partial charge in [0.1, 0.15) is 23.1 Å². The van der Waals surface area contributed by atoms with Gasteiger partial charge in [-0.25, -0.2) is 9.78 Å². The van der Waals surface area contributed by atoms with Crippen LogP contribution in [0.25, 0.3) is 21.7 Å². The van der Waals surface area contributed by atoms with Gasteiger partial charge in [-0.3, -0.25) is 0 Å². The molecular weight excluding hydrogens is 493 g/mol. The lowest BCUT2D eigenvalue weighted by atomic mass is 10.1. The largest absolute Gasteiger partial charge is 0.486 e. The molecule has 0 atom stereocenters. The fourth-order valence-electron chi connectivity index (χ4n) is 3.24. The number of aryl methyl sites for hydroxylation is 1. The van der Waals surface area contributed by atoms with Gasteiger partial charge in [0.2, 0.25) is 0 Å². The second-order valence-corrected chi connectivity index (χ2v) is 9.34. The van der Waals surface area contributed by atoms with Crippen LogP contribution in [0.4, 0.5) is 0 Å². The van der Waals surface area contributed by atoms with Gasteiger partial charge in [0.25, 0.3) is 0 Å². The molecule has 0 radical (unpaired) electrons. The van der Waals surface area contributed by atoms with Gasteiger partial charge < -0.3 is 14.2 Å². The predicted octanol–water partition coefficient (Wildman–Crippen LogP) is 7.22. The van der Waals surface area contributed by atoms with Crippen molar-refractivity contribution in [2.24, 2.45) is 0 Å². The molecule has 0 aliphatic rings. The highest BCUT2D eigenvalue weighted by molar-refractivity contribution is 7.15. The highest BCUT2D eigenvalue weighted by Gasteiger charge is 2.16. The Hall–Kier alpha value is -3.06. The minimum absolute atomic E-state index is 0.141. The smallest absolute Gasteiger partial charge is 0.343 e. The van der Waals surface area contributed by atoms with Crippen molar-refractivity contribution in [1.82, 2.24) is 4.98 Å². The summed E-state index contributed by atoms with van der Waals surface area (Å²) in [5, 5.41) is 2.18. The second-order valence-electron chi connectivity index (χ2n) is 7.38. The normalized spacial score (nSPS) is 10.7. The van der Waals surface area contributed by atoms with Gasteiger partial charge in [0.05, 0.1) is 17.7 Å². The molecule has 0 spiro atoms. The van der Waals surface area contributed by atoms with Crippen molar-refractivity contribution in [1.29, 1.82) is 0 Å². The lowest BCUT2D eigenvalue weighted by molar-refractivity contribution is -0.142. The van der Waals surface area contributed by atoms with E-state index in [9.17, 15) is 4.79 Å². The molecule has 0 unspecified atom stereocenters. The summed E-state index contributed by atoms with van der Waals surface area (Å²) in [5.74, 6) is 0.845. The maximum atomic E-state index is 11.3. The number of carbonyl (C=O) groups excluding carboxylic acids is 1. The monoisotopic (exact) mass is 513 g/mol. The molecule has 174 valence electrons. The molecule has 8 heteroatoms. The van der Waals surface area contributed by atoms with E-state index < -0.39 is 5.97 Å². The van der Waals surface area contributed by atoms with Crippen LogP contribution < -0.4 is 9.47 Å². The number of aromatic nitrogens is 1. The first-order chi connectivity index (χ1) is 16.4. The van der Waals surface area contributed by atoms with Crippen LogP contribution in [0.5, 0.6) is 11.5 Å². The molecule has 4 rings (SSSR count). The molecular formula is C26H21Cl2NO4S. The molecule has 0 bridgehead atoms. The Kier molecular flexibility index (Phi) is 7.73. The Bertz CT molecular complexity index is 1220. The van der Waals surface area contributed by atoms with Gasteiger partial charge in [-0.15, -0.1) is 11.3 Å². The van der Waals surface area contributed by atoms with E-state index >= 15 is 0 Å². The number of halogens is 2. The Morgan fingerprint density at radius 3 is 2.18 bits per heavy atom. The van der Waals surface area contributed by atoms with Gasteiger partial charge in [0.15, 0.2) is 6.61 Å². The molecule has 0 saturated carbocycles. The second kappa shape index (κ2) is 10.9. The molecule has 0 fully saturated rings. The lowest BCUT2D eigenvalue weighted by Crippen LogP contribution is -2.13. The highest BCUT2D eigenvalue weighted by atomic mass is 35.5. The summed E-state index contributed by atoms with van der Waals surface area (Å²) >= 11 is 13.7. The summed E-state index contributed by atoms with van der Waals surface area (Å²) in [4.78, 5) is 17.2. The number of hydrogen-bond donors (Lipinski definition) is 0. The fraction of sp³-hybridized carbons (Fsp3) is 0.154. The van der Waals surface area contributed by atoms with Crippen molar-refractivity contribution in [3.63, 3.8) is 0 Å². The van der Waals surface area contributed by atoms with Crippen LogP contribution in [0.3, 0.4) is 0 Å². The quantitative estimate of drug-likeness (QED) is 0.232. The van der Waals surface area contributed by atoms with Crippen molar-refractivity contribution < 1.29 is 19.0 Å². The first-order valence-corrected chi connectivity index (χ1v) is 11.9. The summed E-state index contributed by atoms with van der Waals surface area (Å²) < 4.78 is 16.1. The summed E-state index contributed by atoms with van der Waals surface area (Å²) in [6.45, 7) is 2.05. The highest BCUT2D eigenvalue weighted by Crippen LogP contribution is 2.38. The van der Waals surface area contributed by atoms with Gasteiger partial charge in [0, 0.05) is 15.6 Å². The standard InChI is InChI=1S/C26H21Cl2NO4S/c1-16-13-21(11-12-22(16)33-15-24(30)31-2)32-14-23-29-25(17-3-7-19(27)8-4-17)26(34-23)18-5-9-20(28)10-6-18/h3-13H,14-15H2,1-2H3. The van der Waals surface area contributed by atoms with E-state index in [0.29, 0.717) is 28.2 Å². The summed E-state index contributed by atoms with van der Waals surface area (Å²) in [6, 6.07) is 20.7. The molecule has 3 aromatic carbocycles. The zero-order valence-electron chi connectivity index (χ0n) is 18.5. The topological polar surface area (TPSA) is 57.7 Å². The zero-order chi connectivity index (χ0) is 24.1. The average molecular weight is 514 g/mol. The van der Waals surface area contributed by atoms with E-state index in [1.54, 1.807) is 23.5 Å². The van der Waals surface area contributed by atoms with E-state index in [1.165, 1.54) is 7.11 Å². The van der Waals surface area contributed by atoms with Gasteiger partial charge in [-0.05, 0) is 60.5 Å². The number of ether oxygens (including phenoxy) is 3. The summed E-state index contributed by atoms with van der Waals surface area (Å²) in [7, 11) is 1.32. The number of nitrogens with zero attached hydrogens (tertiary/aromatic N) is 1. The third-order valence-electron chi connectivity index (χ3n) is 4.98. The van der Waals surface area contributed by atoms with Crippen molar-refractivity contribution in [3.8, 4) is 33.2 Å². The molecule has 0 amide bonds. The van der Waals surface area contributed by atoms with E-state index in [2.05, 4.69) is 4.74 Å². The number of methoxy groups -OCH3 is 1. The van der Waals surface area contributed by atoms with Crippen LogP contribution in [-0.2, 0) is 16.1 Å². The Labute approximate surface area is 211 Å². The first kappa shape index (κ1) is 24.1. The molecule has 1 aromatic heterocycles. The number of carbonyl (C=O) groups is 1. The SMILES string of the molecule is COC(=O)COc1ccc(OCc2nc(-c3ccc(Cl)cc3)c(-c3ccc(Cl)cc3)s2)cc1C. The number of thiazole rings is 1. The molecule has 34 heavy (non-hydrogen) atoms. The Morgan fingerprint density at radius 1 is 0.912 bits per heavy atom. The molecule has 5 nitrogen and oxygen atoms in total. The number of rotatable bonds is 8. The first-order valence-electron chi connectivity index (χ1n) is 10.4. The zero-order valence-corrected chi connectivity index (χ0v) is 20.8. The van der Waals surface area contributed by atoms with Crippen LogP contribution in [-0.4, -0.2) is 24.7 Å². The minimum Gasteiger partial charge on any atom is -0.486 e. The van der Waals surface area contributed by atoms with Crippen LogP contribution >= 0.6 is 34.5 Å². The molecule has 0 aliphatic heterocycles. The third kappa shape index (κ3) is 5.89. The minimum atomic E-state index is -0.434. The maximum Gasteiger partial charge on any atom is 0.343 e. The van der Waals surface area contributed by atoms with Gasteiger partial charge in [-0.2, -0.15) is 0 Å². The average Bonchev–Trinajstić information content (AvgIpc) is 3.27. The molecule has 0 saturated heterocycles. The molecule has 0 aliphatic carbocycles. The van der Waals surface area contributed by atoms with E-state index in [1.807, 2.05) is 61.5 Å². The van der Waals surface area contributed by atoms with Crippen molar-refractivity contribution in [2.45, 2.75) is 13.5 Å². The van der Waals surface area contributed by atoms with Gasteiger partial charge >= 0.3 is 5.97 Å². The Balaban J connectivity index is 1.55. The Morgan fingerprint density at radius 2 is 1.56 bits per heavy atom. The number of benzene rings is 3. The van der Waals surface area contributed by atoms with Crippen LogP contribution in [0, 0.1) is 6.92 Å². The number of esters is 1. The maximum absolute atomic E-state index is 11.3. The van der Waals surface area contributed by atoms with E-state index in [-0.39, 0.29) is 6.61 Å².